The van der Waals surface area contributed by atoms with Crippen LogP contribution in [0, 0.1) is 6.92 Å². The van der Waals surface area contributed by atoms with Gasteiger partial charge in [-0.25, -0.2) is 0 Å². The highest BCUT2D eigenvalue weighted by molar-refractivity contribution is 9.10. The number of carbonyl (C=O) groups is 1. The molecule has 21 heavy (non-hydrogen) atoms. The minimum atomic E-state index is -0.0595. The molecule has 0 atom stereocenters. The Hall–Kier alpha value is -1.58. The van der Waals surface area contributed by atoms with Crippen LogP contribution in [0.3, 0.4) is 0 Å². The van der Waals surface area contributed by atoms with E-state index in [-0.39, 0.29) is 5.78 Å². The van der Waals surface area contributed by atoms with Crippen molar-refractivity contribution in [1.82, 2.24) is 4.57 Å². The Morgan fingerprint density at radius 2 is 1.95 bits per heavy atom. The fraction of sp³-hybridized carbons (Fsp3) is 0.118. The molecule has 3 aromatic rings. The van der Waals surface area contributed by atoms with Gasteiger partial charge in [0.1, 0.15) is 0 Å². The van der Waals surface area contributed by atoms with E-state index in [9.17, 15) is 4.79 Å². The third-order valence-electron chi connectivity index (χ3n) is 3.59. The number of ketones is 1. The smallest absolute Gasteiger partial charge is 0.196 e. The van der Waals surface area contributed by atoms with Crippen molar-refractivity contribution in [3.8, 4) is 0 Å². The number of aromatic nitrogens is 1. The summed E-state index contributed by atoms with van der Waals surface area (Å²) in [6.07, 6.45) is 1.86. The molecule has 2 nitrogen and oxygen atoms in total. The van der Waals surface area contributed by atoms with Crippen LogP contribution in [-0.4, -0.2) is 10.4 Å². The van der Waals surface area contributed by atoms with Crippen molar-refractivity contribution in [3.63, 3.8) is 0 Å². The van der Waals surface area contributed by atoms with Gasteiger partial charge in [0.15, 0.2) is 5.78 Å². The number of aryl methyl sites for hydroxylation is 2. The summed E-state index contributed by atoms with van der Waals surface area (Å²) in [4.78, 5) is 12.8. The van der Waals surface area contributed by atoms with Crippen LogP contribution in [0.15, 0.2) is 47.1 Å². The second-order valence-corrected chi connectivity index (χ2v) is 6.34. The van der Waals surface area contributed by atoms with Gasteiger partial charge in [-0.15, -0.1) is 0 Å². The van der Waals surface area contributed by atoms with E-state index in [4.69, 9.17) is 11.6 Å². The van der Waals surface area contributed by atoms with Gasteiger partial charge in [-0.1, -0.05) is 29.8 Å². The van der Waals surface area contributed by atoms with Crippen molar-refractivity contribution in [2.24, 2.45) is 7.05 Å². The summed E-state index contributed by atoms with van der Waals surface area (Å²) in [5, 5.41) is 1.40. The average Bonchev–Trinajstić information content (AvgIpc) is 2.78. The van der Waals surface area contributed by atoms with Gasteiger partial charge >= 0.3 is 0 Å². The SMILES string of the molecule is Cc1ccc2c(C(=O)c3cccc(Br)c3Cl)cn(C)c2c1. The minimum absolute atomic E-state index is 0.0595. The first-order valence-electron chi connectivity index (χ1n) is 6.53. The largest absolute Gasteiger partial charge is 0.350 e. The summed E-state index contributed by atoms with van der Waals surface area (Å²) in [5.74, 6) is -0.0595. The standard InChI is InChI=1S/C17H13BrClNO/c1-10-6-7-11-13(9-20(2)15(11)8-10)17(21)12-4-3-5-14(18)16(12)19/h3-9H,1-2H3. The molecule has 0 radical (unpaired) electrons. The maximum absolute atomic E-state index is 12.8. The Kier molecular flexibility index (Phi) is 3.64. The Bertz CT molecular complexity index is 867. The molecule has 0 amide bonds. The summed E-state index contributed by atoms with van der Waals surface area (Å²) < 4.78 is 2.70. The lowest BCUT2D eigenvalue weighted by atomic mass is 10.0. The number of hydrogen-bond donors (Lipinski definition) is 0. The second-order valence-electron chi connectivity index (χ2n) is 5.10. The van der Waals surface area contributed by atoms with Crippen molar-refractivity contribution >= 4 is 44.2 Å². The Morgan fingerprint density at radius 1 is 1.19 bits per heavy atom. The molecule has 0 N–H and O–H groups in total. The normalized spacial score (nSPS) is 11.0. The Morgan fingerprint density at radius 3 is 2.71 bits per heavy atom. The topological polar surface area (TPSA) is 22.0 Å². The molecule has 106 valence electrons. The molecule has 0 fully saturated rings. The van der Waals surface area contributed by atoms with Gasteiger partial charge in [0.25, 0.3) is 0 Å². The zero-order valence-electron chi connectivity index (χ0n) is 11.7. The summed E-state index contributed by atoms with van der Waals surface area (Å²) >= 11 is 9.61. The highest BCUT2D eigenvalue weighted by Crippen LogP contribution is 2.30. The van der Waals surface area contributed by atoms with E-state index in [2.05, 4.69) is 22.0 Å². The van der Waals surface area contributed by atoms with Gasteiger partial charge in [0.05, 0.1) is 5.02 Å². The van der Waals surface area contributed by atoms with E-state index in [1.165, 1.54) is 5.56 Å². The van der Waals surface area contributed by atoms with Crippen LogP contribution in [0.25, 0.3) is 10.9 Å². The first-order chi connectivity index (χ1) is 9.99. The third kappa shape index (κ3) is 2.41. The molecule has 1 aromatic heterocycles. The number of nitrogens with zero attached hydrogens (tertiary/aromatic N) is 1. The van der Waals surface area contributed by atoms with Crippen LogP contribution in [0.4, 0.5) is 0 Å². The fourth-order valence-corrected chi connectivity index (χ4v) is 3.08. The number of carbonyl (C=O) groups excluding carboxylic acids is 1. The van der Waals surface area contributed by atoms with Crippen LogP contribution >= 0.6 is 27.5 Å². The summed E-state index contributed by atoms with van der Waals surface area (Å²) in [7, 11) is 1.95. The molecule has 0 saturated heterocycles. The van der Waals surface area contributed by atoms with Gasteiger partial charge in [-0.05, 0) is 46.6 Å². The average molecular weight is 363 g/mol. The van der Waals surface area contributed by atoms with Crippen molar-refractivity contribution < 1.29 is 4.79 Å². The highest BCUT2D eigenvalue weighted by Gasteiger charge is 2.19. The van der Waals surface area contributed by atoms with Gasteiger partial charge in [-0.3, -0.25) is 4.79 Å². The lowest BCUT2D eigenvalue weighted by Crippen LogP contribution is -2.01. The van der Waals surface area contributed by atoms with E-state index in [1.807, 2.05) is 49.0 Å². The quantitative estimate of drug-likeness (QED) is 0.579. The molecular formula is C17H13BrClNO. The first-order valence-corrected chi connectivity index (χ1v) is 7.70. The number of benzene rings is 2. The van der Waals surface area contributed by atoms with Crippen molar-refractivity contribution in [1.29, 1.82) is 0 Å². The van der Waals surface area contributed by atoms with E-state index in [0.29, 0.717) is 16.1 Å². The van der Waals surface area contributed by atoms with Gasteiger partial charge in [0, 0.05) is 39.7 Å². The van der Waals surface area contributed by atoms with E-state index >= 15 is 0 Å². The first kappa shape index (κ1) is 14.4. The van der Waals surface area contributed by atoms with Gasteiger partial charge in [0.2, 0.25) is 0 Å². The van der Waals surface area contributed by atoms with E-state index in [1.54, 1.807) is 6.07 Å². The molecule has 1 heterocycles. The van der Waals surface area contributed by atoms with E-state index < -0.39 is 0 Å². The van der Waals surface area contributed by atoms with Crippen LogP contribution < -0.4 is 0 Å². The lowest BCUT2D eigenvalue weighted by Gasteiger charge is -2.04. The van der Waals surface area contributed by atoms with E-state index in [0.717, 1.165) is 15.4 Å². The van der Waals surface area contributed by atoms with Gasteiger partial charge in [-0.2, -0.15) is 0 Å². The van der Waals surface area contributed by atoms with Crippen molar-refractivity contribution in [2.75, 3.05) is 0 Å². The van der Waals surface area contributed by atoms with Gasteiger partial charge < -0.3 is 4.57 Å². The summed E-state index contributed by atoms with van der Waals surface area (Å²) in [5.41, 5.74) is 3.40. The Balaban J connectivity index is 2.21. The zero-order chi connectivity index (χ0) is 15.1. The zero-order valence-corrected chi connectivity index (χ0v) is 14.0. The number of halogens is 2. The predicted octanol–water partition coefficient (Wildman–Crippen LogP) is 5.13. The molecule has 0 bridgehead atoms. The van der Waals surface area contributed by atoms with Crippen molar-refractivity contribution in [2.45, 2.75) is 6.92 Å². The molecule has 4 heteroatoms. The van der Waals surface area contributed by atoms with Crippen LogP contribution in [0.1, 0.15) is 21.5 Å². The van der Waals surface area contributed by atoms with Crippen LogP contribution in [-0.2, 0) is 7.05 Å². The maximum atomic E-state index is 12.8. The molecule has 0 aliphatic carbocycles. The minimum Gasteiger partial charge on any atom is -0.350 e. The summed E-state index contributed by atoms with van der Waals surface area (Å²) in [6, 6.07) is 11.5. The Labute approximate surface area is 136 Å². The lowest BCUT2D eigenvalue weighted by molar-refractivity contribution is 0.104. The molecule has 2 aromatic carbocycles. The van der Waals surface area contributed by atoms with Crippen molar-refractivity contribution in [3.05, 3.63) is 68.8 Å². The number of fused-ring (bicyclic) bond motifs is 1. The van der Waals surface area contributed by atoms with Crippen LogP contribution in [0.2, 0.25) is 5.02 Å². The highest BCUT2D eigenvalue weighted by atomic mass is 79.9. The molecular weight excluding hydrogens is 350 g/mol. The molecule has 0 aliphatic heterocycles. The van der Waals surface area contributed by atoms with Crippen LogP contribution in [0.5, 0.6) is 0 Å². The maximum Gasteiger partial charge on any atom is 0.196 e. The predicted molar refractivity (Wildman–Crippen MR) is 90.2 cm³/mol. The molecule has 0 unspecified atom stereocenters. The molecule has 0 spiro atoms. The fourth-order valence-electron chi connectivity index (χ4n) is 2.50. The number of hydrogen-bond acceptors (Lipinski definition) is 1. The third-order valence-corrected chi connectivity index (χ3v) is 4.88. The summed E-state index contributed by atoms with van der Waals surface area (Å²) in [6.45, 7) is 2.04. The second kappa shape index (κ2) is 5.32. The molecule has 3 rings (SSSR count). The molecule has 0 aliphatic rings. The molecule has 0 saturated carbocycles. The monoisotopic (exact) mass is 361 g/mol. The number of rotatable bonds is 2.